The SMILES string of the molecule is CCc1ccnc(CCNCC(C)CC(CC)Cc2ccc(C(F)(F)F)cc2)c1CC. The lowest BCUT2D eigenvalue weighted by Crippen LogP contribution is -2.25. The highest BCUT2D eigenvalue weighted by atomic mass is 19.4. The zero-order chi connectivity index (χ0) is 22.9. The minimum absolute atomic E-state index is 0.475. The maximum absolute atomic E-state index is 12.7. The molecular formula is C26H37F3N2. The molecule has 5 heteroatoms. The van der Waals surface area contributed by atoms with Crippen molar-refractivity contribution in [3.05, 3.63) is 64.5 Å². The van der Waals surface area contributed by atoms with Gasteiger partial charge in [-0.3, -0.25) is 4.98 Å². The fraction of sp³-hybridized carbons (Fsp3) is 0.577. The van der Waals surface area contributed by atoms with Crippen LogP contribution in [0.25, 0.3) is 0 Å². The Bertz CT molecular complexity index is 784. The average molecular weight is 435 g/mol. The third kappa shape index (κ3) is 7.95. The van der Waals surface area contributed by atoms with Crippen LogP contribution in [-0.2, 0) is 31.9 Å². The lowest BCUT2D eigenvalue weighted by atomic mass is 9.88. The molecule has 2 atom stereocenters. The molecule has 0 aliphatic heterocycles. The van der Waals surface area contributed by atoms with Crippen LogP contribution < -0.4 is 5.32 Å². The van der Waals surface area contributed by atoms with Crippen LogP contribution in [0.3, 0.4) is 0 Å². The van der Waals surface area contributed by atoms with Crippen molar-refractivity contribution in [1.82, 2.24) is 10.3 Å². The Kier molecular flexibility index (Phi) is 10.0. The molecule has 0 amide bonds. The largest absolute Gasteiger partial charge is 0.416 e. The fourth-order valence-electron chi connectivity index (χ4n) is 4.32. The fourth-order valence-corrected chi connectivity index (χ4v) is 4.32. The zero-order valence-corrected chi connectivity index (χ0v) is 19.4. The number of nitrogens with one attached hydrogen (secondary N) is 1. The van der Waals surface area contributed by atoms with Crippen LogP contribution in [0.2, 0.25) is 0 Å². The molecule has 0 saturated heterocycles. The molecule has 31 heavy (non-hydrogen) atoms. The Balaban J connectivity index is 1.79. The minimum Gasteiger partial charge on any atom is -0.316 e. The predicted molar refractivity (Wildman–Crippen MR) is 122 cm³/mol. The van der Waals surface area contributed by atoms with E-state index in [2.05, 4.69) is 44.1 Å². The lowest BCUT2D eigenvalue weighted by Gasteiger charge is -2.21. The Morgan fingerprint density at radius 2 is 1.71 bits per heavy atom. The summed E-state index contributed by atoms with van der Waals surface area (Å²) in [5.41, 5.74) is 4.40. The third-order valence-electron chi connectivity index (χ3n) is 6.13. The second kappa shape index (κ2) is 12.2. The number of aryl methyl sites for hydroxylation is 1. The summed E-state index contributed by atoms with van der Waals surface area (Å²) in [6.07, 6.45) is 3.56. The number of aromatic nitrogens is 1. The van der Waals surface area contributed by atoms with Gasteiger partial charge < -0.3 is 5.32 Å². The molecule has 2 rings (SSSR count). The normalized spacial score (nSPS) is 13.9. The molecule has 0 bridgehead atoms. The van der Waals surface area contributed by atoms with Crippen molar-refractivity contribution in [2.45, 2.75) is 72.4 Å². The molecule has 1 aromatic carbocycles. The quantitative estimate of drug-likeness (QED) is 0.378. The first kappa shape index (κ1) is 25.4. The van der Waals surface area contributed by atoms with Crippen molar-refractivity contribution in [1.29, 1.82) is 0 Å². The molecule has 0 aliphatic rings. The molecule has 172 valence electrons. The molecule has 1 heterocycles. The van der Waals surface area contributed by atoms with Gasteiger partial charge in [0.05, 0.1) is 5.56 Å². The van der Waals surface area contributed by atoms with Gasteiger partial charge in [0, 0.05) is 24.9 Å². The molecule has 2 unspecified atom stereocenters. The maximum atomic E-state index is 12.7. The number of halogens is 3. The van der Waals surface area contributed by atoms with Crippen LogP contribution >= 0.6 is 0 Å². The smallest absolute Gasteiger partial charge is 0.316 e. The summed E-state index contributed by atoms with van der Waals surface area (Å²) in [4.78, 5) is 4.59. The zero-order valence-electron chi connectivity index (χ0n) is 19.4. The molecule has 0 radical (unpaired) electrons. The number of pyridine rings is 1. The van der Waals surface area contributed by atoms with E-state index in [4.69, 9.17) is 0 Å². The van der Waals surface area contributed by atoms with Crippen LogP contribution in [-0.4, -0.2) is 18.1 Å². The first-order valence-corrected chi connectivity index (χ1v) is 11.6. The van der Waals surface area contributed by atoms with Gasteiger partial charge in [0.25, 0.3) is 0 Å². The van der Waals surface area contributed by atoms with Crippen LogP contribution in [0.1, 0.15) is 68.5 Å². The molecule has 0 fully saturated rings. The second-order valence-corrected chi connectivity index (χ2v) is 8.57. The minimum atomic E-state index is -4.27. The molecule has 1 aromatic heterocycles. The van der Waals surface area contributed by atoms with Gasteiger partial charge in [-0.2, -0.15) is 13.2 Å². The first-order chi connectivity index (χ1) is 14.8. The summed E-state index contributed by atoms with van der Waals surface area (Å²) < 4.78 is 38.2. The summed E-state index contributed by atoms with van der Waals surface area (Å²) in [7, 11) is 0. The van der Waals surface area contributed by atoms with Gasteiger partial charge in [0.15, 0.2) is 0 Å². The number of benzene rings is 1. The van der Waals surface area contributed by atoms with Gasteiger partial charge in [-0.1, -0.05) is 46.2 Å². The van der Waals surface area contributed by atoms with Gasteiger partial charge in [-0.25, -0.2) is 0 Å². The average Bonchev–Trinajstić information content (AvgIpc) is 2.75. The molecule has 1 N–H and O–H groups in total. The summed E-state index contributed by atoms with van der Waals surface area (Å²) in [5, 5.41) is 3.57. The van der Waals surface area contributed by atoms with Gasteiger partial charge in [-0.05, 0) is 79.0 Å². The van der Waals surface area contributed by atoms with E-state index in [1.54, 1.807) is 12.1 Å². The van der Waals surface area contributed by atoms with Gasteiger partial charge in [0.2, 0.25) is 0 Å². The number of alkyl halides is 3. The highest BCUT2D eigenvalue weighted by molar-refractivity contribution is 5.30. The molecular weight excluding hydrogens is 397 g/mol. The number of hydrogen-bond acceptors (Lipinski definition) is 2. The standard InChI is InChI=1S/C26H37F3N2/c1-5-20(17-21-8-10-23(11-9-21)26(27,28)29)16-19(4)18-30-14-13-25-24(7-3)22(6-2)12-15-31-25/h8-12,15,19-20,30H,5-7,13-14,16-18H2,1-4H3. The van der Waals surface area contributed by atoms with E-state index in [-0.39, 0.29) is 0 Å². The molecule has 0 aliphatic carbocycles. The summed E-state index contributed by atoms with van der Waals surface area (Å²) in [5.74, 6) is 0.989. The summed E-state index contributed by atoms with van der Waals surface area (Å²) >= 11 is 0. The second-order valence-electron chi connectivity index (χ2n) is 8.57. The van der Waals surface area contributed by atoms with Crippen molar-refractivity contribution < 1.29 is 13.2 Å². The Hall–Kier alpha value is -1.88. The van der Waals surface area contributed by atoms with E-state index in [0.29, 0.717) is 11.8 Å². The Labute approximate surface area is 185 Å². The molecule has 2 aromatic rings. The van der Waals surface area contributed by atoms with Crippen LogP contribution in [0, 0.1) is 11.8 Å². The molecule has 0 spiro atoms. The van der Waals surface area contributed by atoms with Crippen molar-refractivity contribution in [3.8, 4) is 0 Å². The third-order valence-corrected chi connectivity index (χ3v) is 6.13. The number of hydrogen-bond donors (Lipinski definition) is 1. The van der Waals surface area contributed by atoms with Crippen molar-refractivity contribution >= 4 is 0 Å². The number of rotatable bonds is 12. The number of nitrogens with zero attached hydrogens (tertiary/aromatic N) is 1. The van der Waals surface area contributed by atoms with Crippen molar-refractivity contribution in [2.75, 3.05) is 13.1 Å². The van der Waals surface area contributed by atoms with E-state index < -0.39 is 11.7 Å². The molecule has 0 saturated carbocycles. The van der Waals surface area contributed by atoms with Crippen LogP contribution in [0.4, 0.5) is 13.2 Å². The van der Waals surface area contributed by atoms with E-state index in [9.17, 15) is 13.2 Å². The Morgan fingerprint density at radius 1 is 1.00 bits per heavy atom. The monoisotopic (exact) mass is 434 g/mol. The van der Waals surface area contributed by atoms with E-state index in [0.717, 1.165) is 57.2 Å². The predicted octanol–water partition coefficient (Wildman–Crippen LogP) is 6.65. The van der Waals surface area contributed by atoms with E-state index in [1.807, 2.05) is 6.20 Å². The molecule has 2 nitrogen and oxygen atoms in total. The highest BCUT2D eigenvalue weighted by Gasteiger charge is 2.30. The lowest BCUT2D eigenvalue weighted by molar-refractivity contribution is -0.137. The van der Waals surface area contributed by atoms with Gasteiger partial charge >= 0.3 is 6.18 Å². The topological polar surface area (TPSA) is 24.9 Å². The van der Waals surface area contributed by atoms with Gasteiger partial charge in [0.1, 0.15) is 0 Å². The maximum Gasteiger partial charge on any atom is 0.416 e. The summed E-state index contributed by atoms with van der Waals surface area (Å²) in [6, 6.07) is 7.76. The van der Waals surface area contributed by atoms with E-state index >= 15 is 0 Å². The highest BCUT2D eigenvalue weighted by Crippen LogP contribution is 2.30. The van der Waals surface area contributed by atoms with Crippen LogP contribution in [0.15, 0.2) is 36.5 Å². The van der Waals surface area contributed by atoms with Crippen molar-refractivity contribution in [2.24, 2.45) is 11.8 Å². The van der Waals surface area contributed by atoms with Crippen LogP contribution in [0.5, 0.6) is 0 Å². The van der Waals surface area contributed by atoms with Gasteiger partial charge in [-0.15, -0.1) is 0 Å². The first-order valence-electron chi connectivity index (χ1n) is 11.6. The van der Waals surface area contributed by atoms with Crippen molar-refractivity contribution in [3.63, 3.8) is 0 Å². The van der Waals surface area contributed by atoms with E-state index in [1.165, 1.54) is 29.0 Å². The Morgan fingerprint density at radius 3 is 2.29 bits per heavy atom. The summed E-state index contributed by atoms with van der Waals surface area (Å²) in [6.45, 7) is 10.6.